The van der Waals surface area contributed by atoms with Crippen LogP contribution in [0.3, 0.4) is 0 Å². The van der Waals surface area contributed by atoms with E-state index < -0.39 is 21.7 Å². The van der Waals surface area contributed by atoms with Crippen molar-refractivity contribution in [3.63, 3.8) is 0 Å². The number of hydrogen-bond donors (Lipinski definition) is 2. The van der Waals surface area contributed by atoms with Gasteiger partial charge >= 0.3 is 0 Å². The second-order valence-corrected chi connectivity index (χ2v) is 17.7. The van der Waals surface area contributed by atoms with Crippen LogP contribution in [0.2, 0.25) is 0 Å². The number of sulfonamides is 1. The Morgan fingerprint density at radius 2 is 1.70 bits per heavy atom. The van der Waals surface area contributed by atoms with Crippen molar-refractivity contribution < 1.29 is 18.3 Å². The fraction of sp³-hybridized carbons (Fsp3) is 0.750. The third-order valence-electron chi connectivity index (χ3n) is 12.9. The molecule has 1 aromatic rings. The number of benzene rings is 1. The number of hydrazine groups is 1. The first-order chi connectivity index (χ1) is 20.0. The van der Waals surface area contributed by atoms with Gasteiger partial charge < -0.3 is 5.11 Å². The van der Waals surface area contributed by atoms with E-state index in [9.17, 15) is 18.3 Å². The number of aliphatic hydroxyl groups is 1. The fourth-order valence-electron chi connectivity index (χ4n) is 10.2. The number of carbonyl (C=O) groups is 1. The standard InChI is InChI=1S/C36H56N2O4S/c1-23(2)9-8-10-25(4)29-15-16-30-33-31(17-18-35(29,30)7)34(6)19-20-36(40,26(5)39)22-27(34)21-32(33)38(37)43(41,42)28-13-11-24(3)12-14-28/h11-14,21,23,25,29-33,40H,8-10,15-20,22,37H2,1-7H3/t25-,29-,30+,31+,32?,33+,34+,35-,36+/m1/s1. The molecule has 0 radical (unpaired) electrons. The van der Waals surface area contributed by atoms with E-state index in [1.54, 1.807) is 12.1 Å². The van der Waals surface area contributed by atoms with Crippen LogP contribution < -0.4 is 5.84 Å². The van der Waals surface area contributed by atoms with Crippen molar-refractivity contribution in [2.24, 2.45) is 52.2 Å². The van der Waals surface area contributed by atoms with Crippen LogP contribution in [0.1, 0.15) is 111 Å². The summed E-state index contributed by atoms with van der Waals surface area (Å²) in [7, 11) is -3.97. The molecule has 3 saturated carbocycles. The molecule has 0 aromatic heterocycles. The number of fused-ring (bicyclic) bond motifs is 5. The summed E-state index contributed by atoms with van der Waals surface area (Å²) in [5.41, 5.74) is 0.565. The van der Waals surface area contributed by atoms with Crippen molar-refractivity contribution in [2.45, 2.75) is 129 Å². The summed E-state index contributed by atoms with van der Waals surface area (Å²) in [4.78, 5) is 12.8. The normalized spacial score (nSPS) is 38.3. The number of nitrogens with two attached hydrogens (primary N) is 1. The van der Waals surface area contributed by atoms with E-state index in [-0.39, 0.29) is 39.8 Å². The van der Waals surface area contributed by atoms with Gasteiger partial charge in [0.15, 0.2) is 5.78 Å². The molecule has 0 saturated heterocycles. The molecule has 0 amide bonds. The molecule has 0 heterocycles. The SMILES string of the molecule is CC(=O)[C@]1(O)CC[C@@]2(C)C(=CC(N(N)S(=O)(=O)c3ccc(C)cc3)[C@H]3[C@@H]4CC[C@H]([C@H](C)CCCC(C)C)[C@@]4(C)CC[C@@H]32)C1. The summed E-state index contributed by atoms with van der Waals surface area (Å²) in [6, 6.07) is 6.40. The van der Waals surface area contributed by atoms with Crippen molar-refractivity contribution in [3.05, 3.63) is 41.5 Å². The van der Waals surface area contributed by atoms with Gasteiger partial charge in [0, 0.05) is 6.42 Å². The topological polar surface area (TPSA) is 101 Å². The van der Waals surface area contributed by atoms with E-state index in [4.69, 9.17) is 5.84 Å². The molecule has 3 fully saturated rings. The highest BCUT2D eigenvalue weighted by atomic mass is 32.2. The maximum Gasteiger partial charge on any atom is 0.256 e. The van der Waals surface area contributed by atoms with E-state index in [0.717, 1.165) is 47.2 Å². The van der Waals surface area contributed by atoms with Crippen molar-refractivity contribution in [2.75, 3.05) is 0 Å². The van der Waals surface area contributed by atoms with Gasteiger partial charge in [-0.3, -0.25) is 10.6 Å². The summed E-state index contributed by atoms with van der Waals surface area (Å²) in [5.74, 6) is 9.27. The predicted octanol–water partition coefficient (Wildman–Crippen LogP) is 7.20. The molecule has 1 aromatic carbocycles. The highest BCUT2D eigenvalue weighted by molar-refractivity contribution is 7.89. The Labute approximate surface area is 260 Å². The number of nitrogens with zero attached hydrogens (tertiary/aromatic N) is 1. The van der Waals surface area contributed by atoms with E-state index in [2.05, 4.69) is 40.7 Å². The molecule has 0 aliphatic heterocycles. The Bertz CT molecular complexity index is 1340. The lowest BCUT2D eigenvalue weighted by atomic mass is 9.45. The number of Topliss-reactive ketones (excluding diaryl/α,β-unsaturated/α-hetero) is 1. The van der Waals surface area contributed by atoms with Crippen LogP contribution in [0.5, 0.6) is 0 Å². The molecular weight excluding hydrogens is 556 g/mol. The number of rotatable bonds is 9. The maximum absolute atomic E-state index is 14.1. The van der Waals surface area contributed by atoms with Crippen molar-refractivity contribution >= 4 is 15.8 Å². The van der Waals surface area contributed by atoms with E-state index >= 15 is 0 Å². The zero-order valence-electron chi connectivity index (χ0n) is 27.6. The molecule has 4 aliphatic carbocycles. The van der Waals surface area contributed by atoms with Gasteiger partial charge in [-0.05, 0) is 111 Å². The lowest BCUT2D eigenvalue weighted by molar-refractivity contribution is -0.141. The van der Waals surface area contributed by atoms with Crippen molar-refractivity contribution in [3.8, 4) is 0 Å². The zero-order valence-corrected chi connectivity index (χ0v) is 28.4. The summed E-state index contributed by atoms with van der Waals surface area (Å²) >= 11 is 0. The van der Waals surface area contributed by atoms with Gasteiger partial charge in [0.25, 0.3) is 10.0 Å². The van der Waals surface area contributed by atoms with Gasteiger partial charge in [0.1, 0.15) is 5.60 Å². The minimum Gasteiger partial charge on any atom is -0.382 e. The maximum atomic E-state index is 14.1. The van der Waals surface area contributed by atoms with Crippen LogP contribution in [0.25, 0.3) is 0 Å². The summed E-state index contributed by atoms with van der Waals surface area (Å²) in [6.07, 6.45) is 11.7. The Balaban J connectivity index is 1.55. The Hall–Kier alpha value is -1.54. The second kappa shape index (κ2) is 11.7. The molecular formula is C36H56N2O4S. The van der Waals surface area contributed by atoms with Crippen molar-refractivity contribution in [1.82, 2.24) is 4.41 Å². The van der Waals surface area contributed by atoms with Crippen LogP contribution in [0, 0.1) is 53.3 Å². The molecule has 9 atom stereocenters. The molecule has 4 aliphatic rings. The quantitative estimate of drug-likeness (QED) is 0.175. The lowest BCUT2D eigenvalue weighted by Crippen LogP contribution is -2.61. The van der Waals surface area contributed by atoms with Gasteiger partial charge in [-0.1, -0.05) is 83.2 Å². The smallest absolute Gasteiger partial charge is 0.256 e. The Morgan fingerprint density at radius 1 is 1.02 bits per heavy atom. The Kier molecular flexibility index (Phi) is 8.92. The summed E-state index contributed by atoms with van der Waals surface area (Å²) in [5, 5.41) is 11.3. The predicted molar refractivity (Wildman–Crippen MR) is 172 cm³/mol. The molecule has 43 heavy (non-hydrogen) atoms. The van der Waals surface area contributed by atoms with Gasteiger partial charge in [-0.15, -0.1) is 4.41 Å². The van der Waals surface area contributed by atoms with Crippen LogP contribution in [-0.2, 0) is 14.8 Å². The first-order valence-corrected chi connectivity index (χ1v) is 18.3. The van der Waals surface area contributed by atoms with E-state index in [1.165, 1.54) is 32.6 Å². The molecule has 5 rings (SSSR count). The van der Waals surface area contributed by atoms with E-state index in [0.29, 0.717) is 24.2 Å². The molecule has 7 heteroatoms. The highest BCUT2D eigenvalue weighted by Gasteiger charge is 2.63. The Morgan fingerprint density at radius 3 is 2.33 bits per heavy atom. The third kappa shape index (κ3) is 5.59. The second-order valence-electron chi connectivity index (χ2n) is 15.8. The molecule has 0 spiro atoms. The molecule has 1 unspecified atom stereocenters. The fourth-order valence-corrected chi connectivity index (χ4v) is 11.4. The zero-order chi connectivity index (χ0) is 31.5. The largest absolute Gasteiger partial charge is 0.382 e. The summed E-state index contributed by atoms with van der Waals surface area (Å²) < 4.78 is 29.3. The van der Waals surface area contributed by atoms with Crippen molar-refractivity contribution in [1.29, 1.82) is 0 Å². The monoisotopic (exact) mass is 612 g/mol. The van der Waals surface area contributed by atoms with Crippen LogP contribution in [-0.4, -0.2) is 35.4 Å². The minimum absolute atomic E-state index is 0.0918. The van der Waals surface area contributed by atoms with Gasteiger partial charge in [0.05, 0.1) is 10.9 Å². The minimum atomic E-state index is -3.97. The highest BCUT2D eigenvalue weighted by Crippen LogP contribution is 2.68. The average Bonchev–Trinajstić information content (AvgIpc) is 3.30. The first-order valence-electron chi connectivity index (χ1n) is 16.8. The number of hydrogen-bond acceptors (Lipinski definition) is 5. The van der Waals surface area contributed by atoms with Crippen LogP contribution >= 0.6 is 0 Å². The van der Waals surface area contributed by atoms with Gasteiger partial charge in [-0.2, -0.15) is 0 Å². The first kappa shape index (κ1) is 32.8. The molecule has 3 N–H and O–H groups in total. The lowest BCUT2D eigenvalue weighted by Gasteiger charge is -2.61. The molecule has 6 nitrogen and oxygen atoms in total. The summed E-state index contributed by atoms with van der Waals surface area (Å²) in [6.45, 7) is 15.3. The van der Waals surface area contributed by atoms with Gasteiger partial charge in [-0.25, -0.2) is 8.42 Å². The van der Waals surface area contributed by atoms with E-state index in [1.807, 2.05) is 19.1 Å². The third-order valence-corrected chi connectivity index (χ3v) is 14.6. The number of aryl methyl sites for hydroxylation is 1. The number of ketones is 1. The molecule has 240 valence electrons. The van der Waals surface area contributed by atoms with Crippen LogP contribution in [0.15, 0.2) is 40.8 Å². The number of carbonyl (C=O) groups excluding carboxylic acids is 1. The molecule has 0 bridgehead atoms. The van der Waals surface area contributed by atoms with Gasteiger partial charge in [0.2, 0.25) is 0 Å². The average molecular weight is 613 g/mol. The van der Waals surface area contributed by atoms with Crippen LogP contribution in [0.4, 0.5) is 0 Å².